The quantitative estimate of drug-likeness (QED) is 0.606. The van der Waals surface area contributed by atoms with Crippen LogP contribution in [-0.2, 0) is 0 Å². The Morgan fingerprint density at radius 2 is 1.83 bits per heavy atom. The molecule has 0 radical (unpaired) electrons. The molecule has 7 nitrogen and oxygen atoms in total. The number of imidazole rings is 1. The van der Waals surface area contributed by atoms with Crippen molar-refractivity contribution in [3.05, 3.63) is 42.5 Å². The fraction of sp³-hybridized carbons (Fsp3) is 0.125. The molecule has 0 spiro atoms. The lowest BCUT2D eigenvalue weighted by Gasteiger charge is -2.09. The van der Waals surface area contributed by atoms with Crippen LogP contribution in [-0.4, -0.2) is 33.8 Å². The Kier molecular flexibility index (Phi) is 3.04. The summed E-state index contributed by atoms with van der Waals surface area (Å²) >= 11 is 0. The average Bonchev–Trinajstić information content (AvgIpc) is 3.11. The zero-order valence-corrected chi connectivity index (χ0v) is 12.7. The number of aromatic nitrogens is 4. The minimum absolute atomic E-state index is 0.602. The Hall–Kier alpha value is -3.22. The fourth-order valence-electron chi connectivity index (χ4n) is 2.54. The number of aromatic amines is 1. The van der Waals surface area contributed by atoms with Crippen molar-refractivity contribution in [3.8, 4) is 11.5 Å². The van der Waals surface area contributed by atoms with Gasteiger partial charge in [-0.1, -0.05) is 12.1 Å². The number of methoxy groups -OCH3 is 2. The number of fused-ring (bicyclic) bond motifs is 3. The number of ether oxygens (including phenoxy) is 2. The van der Waals surface area contributed by atoms with Crippen molar-refractivity contribution in [1.29, 1.82) is 0 Å². The van der Waals surface area contributed by atoms with Crippen molar-refractivity contribution < 1.29 is 9.47 Å². The first kappa shape index (κ1) is 13.4. The highest BCUT2D eigenvalue weighted by atomic mass is 16.5. The molecule has 4 rings (SSSR count). The number of hydrogen-bond donors (Lipinski definition) is 2. The third-order valence-corrected chi connectivity index (χ3v) is 3.62. The minimum atomic E-state index is 0.602. The van der Waals surface area contributed by atoms with Gasteiger partial charge in [0.1, 0.15) is 0 Å². The minimum Gasteiger partial charge on any atom is -0.493 e. The number of H-pyrrole nitrogens is 1. The molecule has 0 aliphatic heterocycles. The summed E-state index contributed by atoms with van der Waals surface area (Å²) < 4.78 is 12.4. The van der Waals surface area contributed by atoms with E-state index in [2.05, 4.69) is 20.4 Å². The molecule has 23 heavy (non-hydrogen) atoms. The highest BCUT2D eigenvalue weighted by molar-refractivity contribution is 5.79. The standard InChI is InChI=1S/C16H15N5O2/c1-22-13-8-7-10(9-14(13)23-2)17-15-19-16-18-11-5-3-4-6-12(11)21(16)20-15/h3-9H,1-2H3,(H2,17,18,19,20). The summed E-state index contributed by atoms with van der Waals surface area (Å²) in [6.07, 6.45) is 0. The molecule has 0 bridgehead atoms. The van der Waals surface area contributed by atoms with Gasteiger partial charge in [-0.25, -0.2) is 9.50 Å². The van der Waals surface area contributed by atoms with E-state index in [1.165, 1.54) is 0 Å². The van der Waals surface area contributed by atoms with Gasteiger partial charge in [-0.15, -0.1) is 0 Å². The van der Waals surface area contributed by atoms with Gasteiger partial charge in [-0.2, -0.15) is 4.98 Å². The number of nitrogens with one attached hydrogen (secondary N) is 2. The second kappa shape index (κ2) is 5.20. The molecule has 2 aromatic carbocycles. The van der Waals surface area contributed by atoms with E-state index in [0.29, 0.717) is 23.2 Å². The summed E-state index contributed by atoms with van der Waals surface area (Å²) in [6, 6.07) is 13.5. The Balaban J connectivity index is 1.70. The maximum atomic E-state index is 5.30. The number of anilines is 2. The molecule has 0 atom stereocenters. The summed E-state index contributed by atoms with van der Waals surface area (Å²) in [5, 5.41) is 6.40. The summed E-state index contributed by atoms with van der Waals surface area (Å²) in [7, 11) is 3.21. The zero-order valence-electron chi connectivity index (χ0n) is 12.7. The molecule has 4 aromatic rings. The molecule has 7 heteroatoms. The van der Waals surface area contributed by atoms with Crippen LogP contribution in [0.4, 0.5) is 11.6 Å². The van der Waals surface area contributed by atoms with Crippen molar-refractivity contribution in [2.24, 2.45) is 0 Å². The molecule has 2 N–H and O–H groups in total. The van der Waals surface area contributed by atoms with Crippen LogP contribution in [0, 0.1) is 0 Å². The largest absolute Gasteiger partial charge is 0.493 e. The fourth-order valence-corrected chi connectivity index (χ4v) is 2.54. The molecule has 0 fully saturated rings. The Labute approximate surface area is 131 Å². The van der Waals surface area contributed by atoms with E-state index in [4.69, 9.17) is 9.47 Å². The Morgan fingerprint density at radius 3 is 2.65 bits per heavy atom. The SMILES string of the molecule is COc1ccc(Nc2nc3nc4ccccc4n3[nH]2)cc1OC. The average molecular weight is 309 g/mol. The van der Waals surface area contributed by atoms with Crippen LogP contribution >= 0.6 is 0 Å². The van der Waals surface area contributed by atoms with Gasteiger partial charge in [0.15, 0.2) is 11.5 Å². The number of benzene rings is 2. The van der Waals surface area contributed by atoms with E-state index in [-0.39, 0.29) is 0 Å². The van der Waals surface area contributed by atoms with E-state index in [1.807, 2.05) is 47.0 Å². The molecule has 0 saturated carbocycles. The van der Waals surface area contributed by atoms with Crippen LogP contribution in [0.2, 0.25) is 0 Å². The zero-order chi connectivity index (χ0) is 15.8. The summed E-state index contributed by atoms with van der Waals surface area (Å²) in [6.45, 7) is 0. The summed E-state index contributed by atoms with van der Waals surface area (Å²) in [4.78, 5) is 8.93. The molecule has 0 unspecified atom stereocenters. The molecule has 0 amide bonds. The lowest BCUT2D eigenvalue weighted by Crippen LogP contribution is -1.96. The van der Waals surface area contributed by atoms with Crippen molar-refractivity contribution in [3.63, 3.8) is 0 Å². The van der Waals surface area contributed by atoms with Crippen LogP contribution in [0.25, 0.3) is 16.8 Å². The number of rotatable bonds is 4. The molecular weight excluding hydrogens is 294 g/mol. The Bertz CT molecular complexity index is 989. The molecular formula is C16H15N5O2. The molecule has 0 saturated heterocycles. The van der Waals surface area contributed by atoms with E-state index in [9.17, 15) is 0 Å². The van der Waals surface area contributed by atoms with Gasteiger partial charge in [0.25, 0.3) is 5.78 Å². The normalized spacial score (nSPS) is 11.0. The first-order chi connectivity index (χ1) is 11.3. The van der Waals surface area contributed by atoms with Crippen LogP contribution in [0.5, 0.6) is 11.5 Å². The van der Waals surface area contributed by atoms with Crippen molar-refractivity contribution >= 4 is 28.4 Å². The van der Waals surface area contributed by atoms with Crippen LogP contribution in [0.1, 0.15) is 0 Å². The van der Waals surface area contributed by atoms with E-state index in [0.717, 1.165) is 16.7 Å². The van der Waals surface area contributed by atoms with Crippen molar-refractivity contribution in [2.45, 2.75) is 0 Å². The molecule has 2 heterocycles. The van der Waals surface area contributed by atoms with Gasteiger partial charge in [0.2, 0.25) is 5.95 Å². The van der Waals surface area contributed by atoms with E-state index >= 15 is 0 Å². The summed E-state index contributed by atoms with van der Waals surface area (Å²) in [5.74, 6) is 2.55. The predicted molar refractivity (Wildman–Crippen MR) is 87.7 cm³/mol. The molecule has 116 valence electrons. The highest BCUT2D eigenvalue weighted by Gasteiger charge is 2.10. The van der Waals surface area contributed by atoms with Crippen molar-refractivity contribution in [1.82, 2.24) is 19.6 Å². The molecule has 0 aliphatic carbocycles. The number of hydrogen-bond acceptors (Lipinski definition) is 5. The highest BCUT2D eigenvalue weighted by Crippen LogP contribution is 2.30. The third-order valence-electron chi connectivity index (χ3n) is 3.62. The second-order valence-electron chi connectivity index (χ2n) is 5.00. The van der Waals surface area contributed by atoms with Gasteiger partial charge in [-0.05, 0) is 24.3 Å². The van der Waals surface area contributed by atoms with Gasteiger partial charge < -0.3 is 14.8 Å². The first-order valence-corrected chi connectivity index (χ1v) is 7.11. The van der Waals surface area contributed by atoms with Gasteiger partial charge in [0.05, 0.1) is 25.3 Å². The van der Waals surface area contributed by atoms with E-state index < -0.39 is 0 Å². The molecule has 0 aliphatic rings. The lowest BCUT2D eigenvalue weighted by atomic mass is 10.3. The second-order valence-corrected chi connectivity index (χ2v) is 5.00. The number of para-hydroxylation sites is 2. The van der Waals surface area contributed by atoms with Crippen LogP contribution < -0.4 is 14.8 Å². The maximum Gasteiger partial charge on any atom is 0.253 e. The van der Waals surface area contributed by atoms with Crippen LogP contribution in [0.15, 0.2) is 42.5 Å². The van der Waals surface area contributed by atoms with Crippen molar-refractivity contribution in [2.75, 3.05) is 19.5 Å². The maximum absolute atomic E-state index is 5.30. The van der Waals surface area contributed by atoms with Gasteiger partial charge in [-0.3, -0.25) is 5.10 Å². The predicted octanol–water partition coefficient (Wildman–Crippen LogP) is 2.97. The lowest BCUT2D eigenvalue weighted by molar-refractivity contribution is 0.355. The van der Waals surface area contributed by atoms with Gasteiger partial charge >= 0.3 is 0 Å². The van der Waals surface area contributed by atoms with Crippen LogP contribution in [0.3, 0.4) is 0 Å². The third kappa shape index (κ3) is 2.22. The van der Waals surface area contributed by atoms with Gasteiger partial charge in [0, 0.05) is 11.8 Å². The van der Waals surface area contributed by atoms with E-state index in [1.54, 1.807) is 14.2 Å². The number of nitrogens with zero attached hydrogens (tertiary/aromatic N) is 3. The Morgan fingerprint density at radius 1 is 1.00 bits per heavy atom. The smallest absolute Gasteiger partial charge is 0.253 e. The topological polar surface area (TPSA) is 76.5 Å². The summed E-state index contributed by atoms with van der Waals surface area (Å²) in [5.41, 5.74) is 2.73. The first-order valence-electron chi connectivity index (χ1n) is 7.11. The molecule has 2 aromatic heterocycles. The monoisotopic (exact) mass is 309 g/mol.